The van der Waals surface area contributed by atoms with Crippen LogP contribution in [0.25, 0.3) is 0 Å². The highest BCUT2D eigenvalue weighted by Gasteiger charge is 1.97. The van der Waals surface area contributed by atoms with Gasteiger partial charge in [-0.05, 0) is 0 Å². The first kappa shape index (κ1) is 22.8. The van der Waals surface area contributed by atoms with Crippen LogP contribution in [0.1, 0.15) is 11.1 Å². The van der Waals surface area contributed by atoms with E-state index in [9.17, 15) is 0 Å². The van der Waals surface area contributed by atoms with Crippen LogP contribution >= 0.6 is 0 Å². The molecule has 10 nitrogen and oxygen atoms in total. The first-order valence-corrected chi connectivity index (χ1v) is 7.76. The molecule has 0 radical (unpaired) electrons. The molecule has 0 bridgehead atoms. The zero-order valence-electron chi connectivity index (χ0n) is 14.1. The van der Waals surface area contributed by atoms with Crippen LogP contribution in [0, 0.1) is 30.6 Å². The van der Waals surface area contributed by atoms with Crippen molar-refractivity contribution in [2.45, 2.75) is 13.1 Å². The highest BCUT2D eigenvalue weighted by molar-refractivity contribution is 5.13. The first-order valence-electron chi connectivity index (χ1n) is 7.76. The molecule has 0 saturated carbocycles. The molecule has 0 unspecified atom stereocenters. The van der Waals surface area contributed by atoms with Gasteiger partial charge in [-0.25, -0.2) is 0 Å². The van der Waals surface area contributed by atoms with Crippen LogP contribution in [-0.4, -0.2) is 23.3 Å². The van der Waals surface area contributed by atoms with E-state index in [0.717, 1.165) is 13.1 Å². The minimum atomic E-state index is -1.75. The lowest BCUT2D eigenvalue weighted by atomic mass is 10.2. The minimum Gasteiger partial charge on any atom is -0.356 e. The highest BCUT2D eigenvalue weighted by Crippen LogP contribution is 1.94. The number of nitrogens with two attached hydrogens (primary N) is 2. The number of rotatable bonds is 7. The molecular formula is C16H22N4O6. The predicted molar refractivity (Wildman–Crippen MR) is 94.6 cm³/mol. The Morgan fingerprint density at radius 1 is 0.615 bits per heavy atom. The van der Waals surface area contributed by atoms with Crippen molar-refractivity contribution in [1.82, 2.24) is 0 Å². The molecule has 0 spiro atoms. The molecule has 0 heterocycles. The lowest BCUT2D eigenvalue weighted by Crippen LogP contribution is -2.93. The average Bonchev–Trinajstić information content (AvgIpc) is 2.59. The summed E-state index contributed by atoms with van der Waals surface area (Å²) in [4.78, 5) is 16.5. The van der Waals surface area contributed by atoms with E-state index < -0.39 is 10.2 Å². The Morgan fingerprint density at radius 2 is 0.885 bits per heavy atom. The molecule has 2 aromatic carbocycles. The molecule has 0 aromatic heterocycles. The molecule has 26 heavy (non-hydrogen) atoms. The van der Waals surface area contributed by atoms with Gasteiger partial charge >= 0.3 is 0 Å². The third-order valence-electron chi connectivity index (χ3n) is 3.02. The van der Waals surface area contributed by atoms with Crippen molar-refractivity contribution in [3.8, 4) is 0 Å². The summed E-state index contributed by atoms with van der Waals surface area (Å²) in [7, 11) is 0. The van der Waals surface area contributed by atoms with Crippen LogP contribution in [0.3, 0.4) is 0 Å². The second-order valence-electron chi connectivity index (χ2n) is 4.98. The van der Waals surface area contributed by atoms with Gasteiger partial charge in [-0.1, -0.05) is 60.7 Å². The van der Waals surface area contributed by atoms with Gasteiger partial charge in [0.1, 0.15) is 26.2 Å². The topological polar surface area (TPSA) is 166 Å². The third-order valence-corrected chi connectivity index (χ3v) is 3.02. The number of nitrogens with zero attached hydrogens (tertiary/aromatic N) is 2. The molecule has 2 rings (SSSR count). The molecular weight excluding hydrogens is 344 g/mol. The number of benzene rings is 2. The van der Waals surface area contributed by atoms with Gasteiger partial charge in [0, 0.05) is 11.1 Å². The maximum absolute atomic E-state index is 8.25. The van der Waals surface area contributed by atoms with E-state index in [1.165, 1.54) is 24.2 Å². The van der Waals surface area contributed by atoms with Crippen molar-refractivity contribution in [2.24, 2.45) is 0 Å². The number of hydrogen-bond donors (Lipinski definition) is 2. The van der Waals surface area contributed by atoms with Crippen LogP contribution < -0.4 is 10.6 Å². The van der Waals surface area contributed by atoms with E-state index in [0.29, 0.717) is 0 Å². The molecule has 0 atom stereocenters. The van der Waals surface area contributed by atoms with E-state index in [1.807, 2.05) is 0 Å². The van der Waals surface area contributed by atoms with Gasteiger partial charge in [0.15, 0.2) is 0 Å². The van der Waals surface area contributed by atoms with E-state index in [-0.39, 0.29) is 0 Å². The largest absolute Gasteiger partial charge is 0.356 e. The molecule has 0 aliphatic rings. The van der Waals surface area contributed by atoms with Crippen molar-refractivity contribution >= 4 is 0 Å². The molecule has 0 aliphatic carbocycles. The standard InChI is InChI=1S/C16H20N2.2NO3/c1-3-7-15(8-4-1)13-17-11-12-18-14-16-9-5-2-6-10-16;2*2-1(3)4/h1-10,17-18H,11-14H2;;/q;2*-1/p+2. The van der Waals surface area contributed by atoms with Gasteiger partial charge in [-0.2, -0.15) is 0 Å². The van der Waals surface area contributed by atoms with E-state index in [1.54, 1.807) is 0 Å². The third kappa shape index (κ3) is 17.1. The van der Waals surface area contributed by atoms with Crippen LogP contribution in [0.5, 0.6) is 0 Å². The highest BCUT2D eigenvalue weighted by atomic mass is 16.9. The summed E-state index contributed by atoms with van der Waals surface area (Å²) in [5, 5.41) is 34.2. The Labute approximate surface area is 150 Å². The molecule has 0 amide bonds. The van der Waals surface area contributed by atoms with Gasteiger partial charge in [0.25, 0.3) is 0 Å². The van der Waals surface area contributed by atoms with Crippen molar-refractivity contribution in [3.63, 3.8) is 0 Å². The lowest BCUT2D eigenvalue weighted by Gasteiger charge is -2.02. The zero-order valence-corrected chi connectivity index (χ0v) is 14.1. The van der Waals surface area contributed by atoms with Gasteiger partial charge in [0.2, 0.25) is 0 Å². The smallest absolute Gasteiger partial charge is 0.125 e. The Balaban J connectivity index is 0.000000662. The summed E-state index contributed by atoms with van der Waals surface area (Å²) in [5.41, 5.74) is 2.81. The van der Waals surface area contributed by atoms with E-state index >= 15 is 0 Å². The van der Waals surface area contributed by atoms with Crippen LogP contribution in [0.15, 0.2) is 60.7 Å². The monoisotopic (exact) mass is 366 g/mol. The van der Waals surface area contributed by atoms with Crippen LogP contribution in [0.2, 0.25) is 0 Å². The summed E-state index contributed by atoms with van der Waals surface area (Å²) in [6, 6.07) is 21.3. The zero-order chi connectivity index (χ0) is 19.6. The fraction of sp³-hybridized carbons (Fsp3) is 0.250. The Morgan fingerprint density at radius 3 is 1.15 bits per heavy atom. The van der Waals surface area contributed by atoms with Crippen molar-refractivity contribution < 1.29 is 20.8 Å². The fourth-order valence-corrected chi connectivity index (χ4v) is 2.00. The molecule has 4 N–H and O–H groups in total. The summed E-state index contributed by atoms with van der Waals surface area (Å²) in [5.74, 6) is 0. The Bertz CT molecular complexity index is 549. The quantitative estimate of drug-likeness (QED) is 0.398. The van der Waals surface area contributed by atoms with Crippen molar-refractivity contribution in [3.05, 3.63) is 102 Å². The van der Waals surface area contributed by atoms with Gasteiger partial charge in [-0.15, -0.1) is 0 Å². The minimum absolute atomic E-state index is 1.08. The maximum atomic E-state index is 8.25. The van der Waals surface area contributed by atoms with Crippen molar-refractivity contribution in [1.29, 1.82) is 0 Å². The molecule has 2 aromatic rings. The number of quaternary nitrogens is 2. The summed E-state index contributed by atoms with van der Waals surface area (Å²) in [6.45, 7) is 4.50. The van der Waals surface area contributed by atoms with Gasteiger partial charge in [-0.3, -0.25) is 0 Å². The van der Waals surface area contributed by atoms with Gasteiger partial charge < -0.3 is 41.3 Å². The summed E-state index contributed by atoms with van der Waals surface area (Å²) < 4.78 is 0. The second-order valence-corrected chi connectivity index (χ2v) is 4.98. The Hall–Kier alpha value is -3.24. The SMILES string of the molecule is O=[N+]([O-])[O-].O=[N+]([O-])[O-].c1ccc(C[NH2+]CC[NH2+]Cc2ccccc2)cc1. The first-order chi connectivity index (χ1) is 12.4. The summed E-state index contributed by atoms with van der Waals surface area (Å²) >= 11 is 0. The van der Waals surface area contributed by atoms with E-state index in [4.69, 9.17) is 30.6 Å². The number of hydrogen-bond acceptors (Lipinski definition) is 6. The molecule has 0 saturated heterocycles. The van der Waals surface area contributed by atoms with Crippen LogP contribution in [-0.2, 0) is 13.1 Å². The van der Waals surface area contributed by atoms with E-state index in [2.05, 4.69) is 71.3 Å². The average molecular weight is 366 g/mol. The maximum Gasteiger partial charge on any atom is 0.125 e. The second kappa shape index (κ2) is 15.3. The molecule has 0 aliphatic heterocycles. The van der Waals surface area contributed by atoms with Gasteiger partial charge in [0.05, 0.1) is 10.2 Å². The molecule has 10 heteroatoms. The van der Waals surface area contributed by atoms with Crippen molar-refractivity contribution in [2.75, 3.05) is 13.1 Å². The fourth-order valence-electron chi connectivity index (χ4n) is 2.00. The molecule has 142 valence electrons. The van der Waals surface area contributed by atoms with Crippen LogP contribution in [0.4, 0.5) is 0 Å². The predicted octanol–water partition coefficient (Wildman–Crippen LogP) is 0.0354. The summed E-state index contributed by atoms with van der Waals surface area (Å²) in [6.07, 6.45) is 0. The Kier molecular flexibility index (Phi) is 13.4. The normalized spacial score (nSPS) is 9.08. The lowest BCUT2D eigenvalue weighted by molar-refractivity contribution is -0.738. The molecule has 0 fully saturated rings.